The maximum atomic E-state index is 11.5. The molecule has 0 radical (unpaired) electrons. The SMILES string of the molecule is NC(=O)NCCC[C@H](NC(=O)CC[C@H](N)C(=O)O)C(=O)O. The average molecular weight is 304 g/mol. The van der Waals surface area contributed by atoms with E-state index in [1.807, 2.05) is 0 Å². The Labute approximate surface area is 120 Å². The second-order valence-corrected chi connectivity index (χ2v) is 4.37. The maximum absolute atomic E-state index is 11.5. The molecule has 2 atom stereocenters. The summed E-state index contributed by atoms with van der Waals surface area (Å²) in [5.41, 5.74) is 10.1. The molecule has 0 unspecified atom stereocenters. The van der Waals surface area contributed by atoms with Crippen LogP contribution >= 0.6 is 0 Å². The van der Waals surface area contributed by atoms with Gasteiger partial charge in [0.2, 0.25) is 5.91 Å². The fourth-order valence-electron chi connectivity index (χ4n) is 1.45. The zero-order chi connectivity index (χ0) is 16.4. The van der Waals surface area contributed by atoms with Gasteiger partial charge in [-0.2, -0.15) is 0 Å². The second-order valence-electron chi connectivity index (χ2n) is 4.37. The molecule has 0 bridgehead atoms. The maximum Gasteiger partial charge on any atom is 0.326 e. The highest BCUT2D eigenvalue weighted by Crippen LogP contribution is 2.00. The minimum atomic E-state index is -1.23. The lowest BCUT2D eigenvalue weighted by atomic mass is 10.1. The topological polar surface area (TPSA) is 185 Å². The molecule has 0 aliphatic heterocycles. The summed E-state index contributed by atoms with van der Waals surface area (Å²) in [5.74, 6) is -3.04. The van der Waals surface area contributed by atoms with Crippen LogP contribution in [0.5, 0.6) is 0 Å². The predicted octanol–water partition coefficient (Wildman–Crippen LogP) is -1.80. The number of carboxylic acid groups (broad SMARTS) is 2. The summed E-state index contributed by atoms with van der Waals surface area (Å²) in [5, 5.41) is 22.1. The van der Waals surface area contributed by atoms with Crippen LogP contribution in [-0.4, -0.2) is 52.7 Å². The first kappa shape index (κ1) is 18.6. The van der Waals surface area contributed by atoms with Gasteiger partial charge in [-0.25, -0.2) is 9.59 Å². The quantitative estimate of drug-likeness (QED) is 0.257. The van der Waals surface area contributed by atoms with Gasteiger partial charge in [-0.05, 0) is 19.3 Å². The Kier molecular flexibility index (Phi) is 8.46. The molecule has 0 aromatic rings. The zero-order valence-corrected chi connectivity index (χ0v) is 11.4. The van der Waals surface area contributed by atoms with Crippen LogP contribution in [0.3, 0.4) is 0 Å². The van der Waals surface area contributed by atoms with E-state index in [0.29, 0.717) is 6.42 Å². The molecule has 0 rings (SSSR count). The molecule has 0 aromatic carbocycles. The van der Waals surface area contributed by atoms with Crippen molar-refractivity contribution in [2.45, 2.75) is 37.8 Å². The Morgan fingerprint density at radius 3 is 2.14 bits per heavy atom. The molecule has 0 aliphatic carbocycles. The van der Waals surface area contributed by atoms with Gasteiger partial charge in [0.05, 0.1) is 0 Å². The minimum absolute atomic E-state index is 0.0866. The van der Waals surface area contributed by atoms with Crippen molar-refractivity contribution >= 4 is 23.9 Å². The summed E-state index contributed by atoms with van der Waals surface area (Å²) in [6, 6.07) is -3.00. The molecule has 21 heavy (non-hydrogen) atoms. The third-order valence-corrected chi connectivity index (χ3v) is 2.60. The molecular formula is C11H20N4O6. The summed E-state index contributed by atoms with van der Waals surface area (Å²) in [6.07, 6.45) is 0.148. The Bertz CT molecular complexity index is 400. The largest absolute Gasteiger partial charge is 0.480 e. The number of rotatable bonds is 10. The number of amides is 3. The minimum Gasteiger partial charge on any atom is -0.480 e. The first-order valence-corrected chi connectivity index (χ1v) is 6.28. The van der Waals surface area contributed by atoms with Crippen LogP contribution in [0, 0.1) is 0 Å². The van der Waals surface area contributed by atoms with Crippen LogP contribution in [0.4, 0.5) is 4.79 Å². The van der Waals surface area contributed by atoms with Crippen molar-refractivity contribution in [1.29, 1.82) is 0 Å². The number of hydrogen-bond acceptors (Lipinski definition) is 5. The van der Waals surface area contributed by atoms with Crippen LogP contribution in [0.25, 0.3) is 0 Å². The van der Waals surface area contributed by atoms with Crippen molar-refractivity contribution in [3.05, 3.63) is 0 Å². The Balaban J connectivity index is 4.12. The fourth-order valence-corrected chi connectivity index (χ4v) is 1.45. The van der Waals surface area contributed by atoms with E-state index in [2.05, 4.69) is 10.6 Å². The van der Waals surface area contributed by atoms with Gasteiger partial charge in [0, 0.05) is 13.0 Å². The van der Waals surface area contributed by atoms with Crippen molar-refractivity contribution in [2.75, 3.05) is 6.54 Å². The molecule has 120 valence electrons. The fraction of sp³-hybridized carbons (Fsp3) is 0.636. The van der Waals surface area contributed by atoms with Gasteiger partial charge < -0.3 is 32.3 Å². The zero-order valence-electron chi connectivity index (χ0n) is 11.4. The number of nitrogens with two attached hydrogens (primary N) is 2. The van der Waals surface area contributed by atoms with Crippen LogP contribution in [0.1, 0.15) is 25.7 Å². The van der Waals surface area contributed by atoms with E-state index in [-0.39, 0.29) is 25.8 Å². The molecule has 0 saturated heterocycles. The monoisotopic (exact) mass is 304 g/mol. The summed E-state index contributed by atoms with van der Waals surface area (Å²) >= 11 is 0. The van der Waals surface area contributed by atoms with Crippen molar-refractivity contribution in [3.8, 4) is 0 Å². The second kappa shape index (κ2) is 9.53. The summed E-state index contributed by atoms with van der Waals surface area (Å²) < 4.78 is 0. The highest BCUT2D eigenvalue weighted by molar-refractivity contribution is 5.84. The number of nitrogens with one attached hydrogen (secondary N) is 2. The van der Waals surface area contributed by atoms with Crippen LogP contribution in [0.15, 0.2) is 0 Å². The molecule has 8 N–H and O–H groups in total. The van der Waals surface area contributed by atoms with E-state index in [1.165, 1.54) is 0 Å². The molecule has 0 fully saturated rings. The molecule has 3 amide bonds. The van der Waals surface area contributed by atoms with Gasteiger partial charge in [-0.1, -0.05) is 0 Å². The number of carbonyl (C=O) groups excluding carboxylic acids is 2. The van der Waals surface area contributed by atoms with E-state index in [1.54, 1.807) is 0 Å². The summed E-state index contributed by atoms with van der Waals surface area (Å²) in [7, 11) is 0. The third kappa shape index (κ3) is 9.21. The van der Waals surface area contributed by atoms with Crippen LogP contribution in [0.2, 0.25) is 0 Å². The van der Waals surface area contributed by atoms with Gasteiger partial charge in [0.1, 0.15) is 12.1 Å². The lowest BCUT2D eigenvalue weighted by Crippen LogP contribution is -2.42. The molecule has 0 aliphatic rings. The lowest BCUT2D eigenvalue weighted by Gasteiger charge is -2.15. The normalized spacial score (nSPS) is 13.0. The van der Waals surface area contributed by atoms with E-state index in [9.17, 15) is 19.2 Å². The third-order valence-electron chi connectivity index (χ3n) is 2.60. The van der Waals surface area contributed by atoms with Crippen molar-refractivity contribution < 1.29 is 29.4 Å². The molecule has 0 heterocycles. The number of carboxylic acids is 2. The first-order chi connectivity index (χ1) is 9.73. The number of hydrogen-bond donors (Lipinski definition) is 6. The first-order valence-electron chi connectivity index (χ1n) is 6.28. The lowest BCUT2D eigenvalue weighted by molar-refractivity contribution is -0.142. The van der Waals surface area contributed by atoms with E-state index in [0.717, 1.165) is 0 Å². The Hall–Kier alpha value is -2.36. The number of aliphatic carboxylic acids is 2. The smallest absolute Gasteiger partial charge is 0.326 e. The van der Waals surface area contributed by atoms with Crippen molar-refractivity contribution in [3.63, 3.8) is 0 Å². The Morgan fingerprint density at radius 2 is 1.67 bits per heavy atom. The van der Waals surface area contributed by atoms with Crippen molar-refractivity contribution in [2.24, 2.45) is 11.5 Å². The van der Waals surface area contributed by atoms with Gasteiger partial charge >= 0.3 is 18.0 Å². The highest BCUT2D eigenvalue weighted by Gasteiger charge is 2.20. The Morgan fingerprint density at radius 1 is 1.05 bits per heavy atom. The van der Waals surface area contributed by atoms with Gasteiger partial charge in [-0.3, -0.25) is 9.59 Å². The number of carbonyl (C=O) groups is 4. The molecule has 10 nitrogen and oxygen atoms in total. The van der Waals surface area contributed by atoms with Crippen LogP contribution in [-0.2, 0) is 14.4 Å². The molecule has 0 spiro atoms. The van der Waals surface area contributed by atoms with E-state index < -0.39 is 36.0 Å². The predicted molar refractivity (Wildman–Crippen MR) is 71.2 cm³/mol. The van der Waals surface area contributed by atoms with E-state index >= 15 is 0 Å². The summed E-state index contributed by atoms with van der Waals surface area (Å²) in [6.45, 7) is 0.193. The van der Waals surface area contributed by atoms with Crippen LogP contribution < -0.4 is 22.1 Å². The van der Waals surface area contributed by atoms with Gasteiger partial charge in [-0.15, -0.1) is 0 Å². The standard InChI is InChI=1S/C11H20N4O6/c12-6(9(17)18)3-4-8(16)15-7(10(19)20)2-1-5-14-11(13)21/h6-7H,1-5,12H2,(H,15,16)(H,17,18)(H,19,20)(H3,13,14,21)/t6-,7-/m0/s1. The molecule has 0 aromatic heterocycles. The van der Waals surface area contributed by atoms with Gasteiger partial charge in [0.25, 0.3) is 0 Å². The van der Waals surface area contributed by atoms with Crippen molar-refractivity contribution in [1.82, 2.24) is 10.6 Å². The number of urea groups is 1. The average Bonchev–Trinajstić information content (AvgIpc) is 2.38. The molecular weight excluding hydrogens is 284 g/mol. The molecule has 10 heteroatoms. The summed E-state index contributed by atoms with van der Waals surface area (Å²) in [4.78, 5) is 43.4. The highest BCUT2D eigenvalue weighted by atomic mass is 16.4. The number of primary amides is 1. The van der Waals surface area contributed by atoms with E-state index in [4.69, 9.17) is 21.7 Å². The van der Waals surface area contributed by atoms with Gasteiger partial charge in [0.15, 0.2) is 0 Å². The molecule has 0 saturated carbocycles.